The molecule has 20 heavy (non-hydrogen) atoms. The van der Waals surface area contributed by atoms with E-state index in [0.29, 0.717) is 18.5 Å². The van der Waals surface area contributed by atoms with E-state index in [9.17, 15) is 13.2 Å². The quantitative estimate of drug-likeness (QED) is 0.802. The molecule has 1 heterocycles. The van der Waals surface area contributed by atoms with Gasteiger partial charge in [0.05, 0.1) is 6.42 Å². The lowest BCUT2D eigenvalue weighted by Crippen LogP contribution is -2.48. The molecule has 6 nitrogen and oxygen atoms in total. The molecule has 1 spiro atoms. The smallest absolute Gasteiger partial charge is 0.304 e. The Morgan fingerprint density at radius 1 is 1.10 bits per heavy atom. The summed E-state index contributed by atoms with van der Waals surface area (Å²) in [5.74, 6) is -0.993. The van der Waals surface area contributed by atoms with E-state index in [-0.39, 0.29) is 13.0 Å². The lowest BCUT2D eigenvalue weighted by molar-refractivity contribution is -0.136. The van der Waals surface area contributed by atoms with Gasteiger partial charge in [0.15, 0.2) is 0 Å². The summed E-state index contributed by atoms with van der Waals surface area (Å²) in [6, 6.07) is 0. The van der Waals surface area contributed by atoms with Crippen LogP contribution in [0, 0.1) is 5.41 Å². The molecule has 0 unspecified atom stereocenters. The summed E-state index contributed by atoms with van der Waals surface area (Å²) >= 11 is 0. The van der Waals surface area contributed by atoms with Crippen molar-refractivity contribution in [3.63, 3.8) is 0 Å². The number of rotatable bonds is 5. The van der Waals surface area contributed by atoms with Crippen LogP contribution in [0.15, 0.2) is 0 Å². The molecule has 1 aliphatic heterocycles. The van der Waals surface area contributed by atoms with Gasteiger partial charge in [-0.2, -0.15) is 12.7 Å². The van der Waals surface area contributed by atoms with Crippen LogP contribution in [0.4, 0.5) is 0 Å². The highest BCUT2D eigenvalue weighted by atomic mass is 32.2. The van der Waals surface area contributed by atoms with E-state index < -0.39 is 16.2 Å². The first-order valence-electron chi connectivity index (χ1n) is 7.40. The van der Waals surface area contributed by atoms with Crippen molar-refractivity contribution in [2.45, 2.75) is 51.4 Å². The van der Waals surface area contributed by atoms with E-state index in [1.54, 1.807) is 0 Å². The van der Waals surface area contributed by atoms with E-state index >= 15 is 0 Å². The molecule has 1 saturated carbocycles. The molecule has 7 heteroatoms. The van der Waals surface area contributed by atoms with Crippen molar-refractivity contribution in [3.8, 4) is 0 Å². The average Bonchev–Trinajstić information content (AvgIpc) is 2.39. The minimum Gasteiger partial charge on any atom is -0.481 e. The molecule has 2 aliphatic rings. The third-order valence-corrected chi connectivity index (χ3v) is 6.27. The van der Waals surface area contributed by atoms with Gasteiger partial charge in [-0.1, -0.05) is 19.3 Å². The van der Waals surface area contributed by atoms with Gasteiger partial charge in [-0.15, -0.1) is 0 Å². The van der Waals surface area contributed by atoms with Crippen LogP contribution in [0.1, 0.15) is 51.4 Å². The largest absolute Gasteiger partial charge is 0.481 e. The Kier molecular flexibility index (Phi) is 5.04. The average molecular weight is 304 g/mol. The van der Waals surface area contributed by atoms with Crippen LogP contribution in [0.3, 0.4) is 0 Å². The number of carboxylic acid groups (broad SMARTS) is 1. The molecular formula is C13H24N2O4S. The zero-order chi connectivity index (χ0) is 14.6. The number of nitrogens with zero attached hydrogens (tertiary/aromatic N) is 1. The van der Waals surface area contributed by atoms with Crippen LogP contribution in [-0.2, 0) is 15.0 Å². The maximum Gasteiger partial charge on any atom is 0.304 e. The number of hydrogen-bond acceptors (Lipinski definition) is 3. The first-order valence-corrected chi connectivity index (χ1v) is 8.84. The van der Waals surface area contributed by atoms with E-state index in [4.69, 9.17) is 5.11 Å². The van der Waals surface area contributed by atoms with Gasteiger partial charge in [-0.05, 0) is 31.1 Å². The Labute approximate surface area is 120 Å². The SMILES string of the molecule is O=C(O)CCNS(=O)(=O)N1CCC2(CCCCC2)CC1. The fraction of sp³-hybridized carbons (Fsp3) is 0.923. The lowest BCUT2D eigenvalue weighted by atomic mass is 9.68. The first-order chi connectivity index (χ1) is 9.44. The summed E-state index contributed by atoms with van der Waals surface area (Å²) in [5, 5.41) is 8.54. The molecule has 0 aromatic heterocycles. The van der Waals surface area contributed by atoms with Crippen molar-refractivity contribution in [1.29, 1.82) is 0 Å². The third-order valence-electron chi connectivity index (χ3n) is 4.66. The Hall–Kier alpha value is -0.660. The van der Waals surface area contributed by atoms with Crippen LogP contribution in [0.25, 0.3) is 0 Å². The Morgan fingerprint density at radius 2 is 1.70 bits per heavy atom. The highest BCUT2D eigenvalue weighted by Gasteiger charge is 2.38. The number of hydrogen-bond donors (Lipinski definition) is 2. The lowest BCUT2D eigenvalue weighted by Gasteiger charge is -2.43. The van der Waals surface area contributed by atoms with E-state index in [1.165, 1.54) is 36.4 Å². The Morgan fingerprint density at radius 3 is 2.25 bits per heavy atom. The molecule has 1 aliphatic carbocycles. The molecule has 0 aromatic rings. The molecule has 0 amide bonds. The van der Waals surface area contributed by atoms with Gasteiger partial charge >= 0.3 is 5.97 Å². The maximum atomic E-state index is 12.1. The standard InChI is InChI=1S/C13H24N2O4S/c16-12(17)4-9-14-20(18,19)15-10-7-13(8-11-15)5-2-1-3-6-13/h14H,1-11H2,(H,16,17). The molecule has 0 bridgehead atoms. The zero-order valence-corrected chi connectivity index (χ0v) is 12.6. The van der Waals surface area contributed by atoms with Crippen molar-refractivity contribution in [3.05, 3.63) is 0 Å². The summed E-state index contributed by atoms with van der Waals surface area (Å²) in [7, 11) is -3.51. The van der Waals surface area contributed by atoms with Gasteiger partial charge in [0.1, 0.15) is 0 Å². The van der Waals surface area contributed by atoms with E-state index in [2.05, 4.69) is 4.72 Å². The number of aliphatic carboxylic acids is 1. The highest BCUT2D eigenvalue weighted by molar-refractivity contribution is 7.87. The van der Waals surface area contributed by atoms with Crippen LogP contribution < -0.4 is 4.72 Å². The van der Waals surface area contributed by atoms with Crippen LogP contribution in [0.5, 0.6) is 0 Å². The number of carbonyl (C=O) groups is 1. The fourth-order valence-electron chi connectivity index (χ4n) is 3.38. The monoisotopic (exact) mass is 304 g/mol. The molecule has 116 valence electrons. The number of nitrogens with one attached hydrogen (secondary N) is 1. The molecule has 0 atom stereocenters. The van der Waals surface area contributed by atoms with E-state index in [1.807, 2.05) is 0 Å². The Balaban J connectivity index is 1.84. The second-order valence-electron chi connectivity index (χ2n) is 6.00. The maximum absolute atomic E-state index is 12.1. The van der Waals surface area contributed by atoms with E-state index in [0.717, 1.165) is 12.8 Å². The second kappa shape index (κ2) is 6.41. The van der Waals surface area contributed by atoms with Crippen LogP contribution in [-0.4, -0.2) is 43.4 Å². The topological polar surface area (TPSA) is 86.7 Å². The zero-order valence-electron chi connectivity index (χ0n) is 11.8. The van der Waals surface area contributed by atoms with Gasteiger partial charge in [0.25, 0.3) is 10.2 Å². The van der Waals surface area contributed by atoms with Gasteiger partial charge in [-0.25, -0.2) is 4.72 Å². The van der Waals surface area contributed by atoms with Gasteiger partial charge in [0, 0.05) is 19.6 Å². The fourth-order valence-corrected chi connectivity index (χ4v) is 4.59. The molecule has 2 rings (SSSR count). The van der Waals surface area contributed by atoms with Crippen molar-refractivity contribution >= 4 is 16.2 Å². The minimum absolute atomic E-state index is 0.0424. The second-order valence-corrected chi connectivity index (χ2v) is 7.76. The molecule has 1 saturated heterocycles. The Bertz CT molecular complexity index is 433. The normalized spacial score (nSPS) is 23.8. The molecule has 0 radical (unpaired) electrons. The first kappa shape index (κ1) is 15.7. The summed E-state index contributed by atoms with van der Waals surface area (Å²) < 4.78 is 28.0. The summed E-state index contributed by atoms with van der Waals surface area (Å²) in [5.41, 5.74) is 0.366. The minimum atomic E-state index is -3.51. The number of carboxylic acids is 1. The predicted octanol–water partition coefficient (Wildman–Crippen LogP) is 1.34. The summed E-state index contributed by atoms with van der Waals surface area (Å²) in [6.45, 7) is 1.07. The molecule has 0 aromatic carbocycles. The third kappa shape index (κ3) is 3.93. The van der Waals surface area contributed by atoms with Gasteiger partial charge in [0.2, 0.25) is 0 Å². The highest BCUT2D eigenvalue weighted by Crippen LogP contribution is 2.44. The van der Waals surface area contributed by atoms with Crippen molar-refractivity contribution in [2.24, 2.45) is 5.41 Å². The van der Waals surface area contributed by atoms with Crippen LogP contribution >= 0.6 is 0 Å². The number of piperidine rings is 1. The van der Waals surface area contributed by atoms with Crippen molar-refractivity contribution in [1.82, 2.24) is 9.03 Å². The van der Waals surface area contributed by atoms with Gasteiger partial charge < -0.3 is 5.11 Å². The molecule has 2 N–H and O–H groups in total. The summed E-state index contributed by atoms with van der Waals surface area (Å²) in [4.78, 5) is 10.4. The van der Waals surface area contributed by atoms with Gasteiger partial charge in [-0.3, -0.25) is 4.79 Å². The molecule has 2 fully saturated rings. The molecular weight excluding hydrogens is 280 g/mol. The van der Waals surface area contributed by atoms with Crippen molar-refractivity contribution in [2.75, 3.05) is 19.6 Å². The van der Waals surface area contributed by atoms with Crippen LogP contribution in [0.2, 0.25) is 0 Å². The van der Waals surface area contributed by atoms with Crippen molar-refractivity contribution < 1.29 is 18.3 Å². The summed E-state index contributed by atoms with van der Waals surface area (Å²) in [6.07, 6.45) is 7.99. The predicted molar refractivity (Wildman–Crippen MR) is 75.5 cm³/mol.